The van der Waals surface area contributed by atoms with Crippen molar-refractivity contribution in [3.05, 3.63) is 168 Å². The third kappa shape index (κ3) is 6.13. The van der Waals surface area contributed by atoms with E-state index in [0.717, 1.165) is 32.5 Å². The van der Waals surface area contributed by atoms with Crippen LogP contribution in [0.5, 0.6) is 0 Å². The van der Waals surface area contributed by atoms with E-state index in [0.29, 0.717) is 6.61 Å². The average molecular weight is 717 g/mol. The Balaban J connectivity index is 1.34. The fourth-order valence-electron chi connectivity index (χ4n) is 10.1. The summed E-state index contributed by atoms with van der Waals surface area (Å²) >= 11 is 0. The molecule has 2 aliphatic rings. The Bertz CT molecular complexity index is 2120. The number of benzene rings is 5. The van der Waals surface area contributed by atoms with Crippen LogP contribution in [0.2, 0.25) is 5.04 Å². The molecule has 0 radical (unpaired) electrons. The van der Waals surface area contributed by atoms with Crippen molar-refractivity contribution >= 4 is 35.9 Å². The molecule has 0 amide bonds. The maximum absolute atomic E-state index is 13.7. The van der Waals surface area contributed by atoms with E-state index < -0.39 is 13.7 Å². The Labute approximate surface area is 316 Å². The van der Waals surface area contributed by atoms with E-state index in [1.807, 2.05) is 0 Å². The lowest BCUT2D eigenvalue weighted by molar-refractivity contribution is -0.129. The number of piperidine rings is 1. The SMILES string of the molecule is CC[C@@]1(C=O)CN(Cc2ccccc2)[C@H]2CC1[C@@H](CO[Si](c1ccccc1)(c1ccccc1)C(C)(C)C)c1c2n(Cc2ccccc2)c2ccccc12. The number of carbonyl (C=O) groups is 1. The van der Waals surface area contributed by atoms with Gasteiger partial charge in [-0.25, -0.2) is 0 Å². The molecule has 270 valence electrons. The van der Waals surface area contributed by atoms with Crippen LogP contribution < -0.4 is 10.4 Å². The maximum Gasteiger partial charge on any atom is 0.261 e. The third-order valence-electron chi connectivity index (χ3n) is 12.6. The number of likely N-dealkylation sites (tertiary alicyclic amines) is 1. The van der Waals surface area contributed by atoms with Crippen molar-refractivity contribution in [3.63, 3.8) is 0 Å². The monoisotopic (exact) mass is 716 g/mol. The van der Waals surface area contributed by atoms with Crippen molar-refractivity contribution in [2.75, 3.05) is 13.2 Å². The maximum atomic E-state index is 13.7. The average Bonchev–Trinajstić information content (AvgIpc) is 3.51. The molecule has 5 heteroatoms. The second kappa shape index (κ2) is 14.4. The highest BCUT2D eigenvalue weighted by molar-refractivity contribution is 6.99. The summed E-state index contributed by atoms with van der Waals surface area (Å²) in [5, 5.41) is 3.72. The van der Waals surface area contributed by atoms with Gasteiger partial charge in [0.1, 0.15) is 6.29 Å². The number of rotatable bonds is 11. The van der Waals surface area contributed by atoms with Crippen LogP contribution >= 0.6 is 0 Å². The van der Waals surface area contributed by atoms with Crippen molar-refractivity contribution in [3.8, 4) is 0 Å². The first kappa shape index (κ1) is 35.5. The summed E-state index contributed by atoms with van der Waals surface area (Å²) in [6, 6.07) is 52.8. The Hall–Kier alpha value is -4.55. The zero-order chi connectivity index (χ0) is 36.6. The van der Waals surface area contributed by atoms with Crippen LogP contribution in [0, 0.1) is 11.3 Å². The van der Waals surface area contributed by atoms with Gasteiger partial charge in [-0.1, -0.05) is 167 Å². The minimum atomic E-state index is -2.85. The van der Waals surface area contributed by atoms with E-state index in [1.165, 1.54) is 49.9 Å². The molecule has 2 heterocycles. The Morgan fingerprint density at radius 1 is 0.736 bits per heavy atom. The van der Waals surface area contributed by atoms with Gasteiger partial charge in [-0.15, -0.1) is 0 Å². The number of aldehydes is 1. The summed E-state index contributed by atoms with van der Waals surface area (Å²) in [7, 11) is -2.85. The quantitative estimate of drug-likeness (QED) is 0.0990. The number of hydrogen-bond donors (Lipinski definition) is 0. The molecule has 0 N–H and O–H groups in total. The lowest BCUT2D eigenvalue weighted by Gasteiger charge is -2.55. The zero-order valence-electron chi connectivity index (χ0n) is 31.6. The van der Waals surface area contributed by atoms with E-state index in [1.54, 1.807) is 0 Å². The van der Waals surface area contributed by atoms with E-state index >= 15 is 0 Å². The van der Waals surface area contributed by atoms with Gasteiger partial charge >= 0.3 is 0 Å². The fraction of sp³-hybridized carbons (Fsp3) is 0.312. The molecule has 8 rings (SSSR count). The largest absolute Gasteiger partial charge is 0.407 e. The van der Waals surface area contributed by atoms with Crippen LogP contribution in [0.25, 0.3) is 10.9 Å². The minimum absolute atomic E-state index is 0.0499. The highest BCUT2D eigenvalue weighted by Gasteiger charge is 2.56. The second-order valence-corrected chi connectivity index (χ2v) is 20.7. The summed E-state index contributed by atoms with van der Waals surface area (Å²) < 4.78 is 10.4. The first-order valence-corrected chi connectivity index (χ1v) is 21.3. The Morgan fingerprint density at radius 3 is 1.81 bits per heavy atom. The third-order valence-corrected chi connectivity index (χ3v) is 17.6. The molecular formula is C48H52N2O2Si. The molecule has 4 nitrogen and oxygen atoms in total. The second-order valence-electron chi connectivity index (χ2n) is 16.4. The molecule has 2 bridgehead atoms. The number of aromatic nitrogens is 1. The van der Waals surface area contributed by atoms with Crippen molar-refractivity contribution in [1.29, 1.82) is 0 Å². The normalized spacial score (nSPS) is 21.7. The van der Waals surface area contributed by atoms with E-state index in [9.17, 15) is 4.79 Å². The van der Waals surface area contributed by atoms with Crippen LogP contribution in [0.15, 0.2) is 146 Å². The molecule has 1 fully saturated rings. The summed E-state index contributed by atoms with van der Waals surface area (Å²) in [6.45, 7) is 12.2. The number of nitrogens with zero attached hydrogens (tertiary/aromatic N) is 2. The van der Waals surface area contributed by atoms with Gasteiger partial charge in [-0.2, -0.15) is 0 Å². The molecule has 6 aromatic rings. The Morgan fingerprint density at radius 2 is 1.26 bits per heavy atom. The minimum Gasteiger partial charge on any atom is -0.407 e. The fourth-order valence-corrected chi connectivity index (χ4v) is 14.6. The predicted octanol–water partition coefficient (Wildman–Crippen LogP) is 9.52. The molecule has 1 aromatic heterocycles. The Kier molecular flexibility index (Phi) is 9.61. The van der Waals surface area contributed by atoms with Gasteiger partial charge in [0.2, 0.25) is 0 Å². The van der Waals surface area contributed by atoms with Gasteiger partial charge in [0.15, 0.2) is 0 Å². The van der Waals surface area contributed by atoms with E-state index in [2.05, 4.69) is 183 Å². The number of hydrogen-bond acceptors (Lipinski definition) is 3. The molecule has 1 unspecified atom stereocenters. The molecule has 5 aromatic carbocycles. The lowest BCUT2D eigenvalue weighted by atomic mass is 9.58. The summed E-state index contributed by atoms with van der Waals surface area (Å²) in [6.07, 6.45) is 3.05. The highest BCUT2D eigenvalue weighted by Crippen LogP contribution is 2.58. The number of para-hydroxylation sites is 1. The summed E-state index contributed by atoms with van der Waals surface area (Å²) in [5.41, 5.74) is 6.12. The first-order chi connectivity index (χ1) is 25.8. The van der Waals surface area contributed by atoms with Crippen molar-refractivity contribution < 1.29 is 9.22 Å². The summed E-state index contributed by atoms with van der Waals surface area (Å²) in [5.74, 6) is 0.192. The van der Waals surface area contributed by atoms with Crippen molar-refractivity contribution in [2.45, 2.75) is 70.6 Å². The van der Waals surface area contributed by atoms with E-state index in [-0.39, 0.29) is 22.9 Å². The molecule has 0 spiro atoms. The standard InChI is InChI=1S/C48H52N2O2Si/c1-5-48(35-51)34-49(31-36-20-10-6-11-21-36)44-30-42(48)41(45-40-28-18-19-29-43(40)50(46(44)45)32-37-22-12-7-13-23-37)33-52-53(47(2,3)4,38-24-14-8-15-25-38)39-26-16-9-17-27-39/h6-29,35,41-42,44H,5,30-34H2,1-4H3/t41-,42?,44+,48+/m1/s1. The molecule has 4 atom stereocenters. The molecule has 1 aliphatic carbocycles. The van der Waals surface area contributed by atoms with Crippen LogP contribution in [0.4, 0.5) is 0 Å². The molecule has 1 saturated heterocycles. The van der Waals surface area contributed by atoms with E-state index in [4.69, 9.17) is 4.43 Å². The number of carbonyl (C=O) groups excluding carboxylic acids is 1. The van der Waals surface area contributed by atoms with Crippen molar-refractivity contribution in [1.82, 2.24) is 9.47 Å². The van der Waals surface area contributed by atoms with Gasteiger partial charge in [0, 0.05) is 54.2 Å². The van der Waals surface area contributed by atoms with Crippen LogP contribution in [-0.4, -0.2) is 37.2 Å². The van der Waals surface area contributed by atoms with Gasteiger partial charge in [-0.3, -0.25) is 4.90 Å². The molecule has 0 saturated carbocycles. The smallest absolute Gasteiger partial charge is 0.261 e. The lowest BCUT2D eigenvalue weighted by Crippen LogP contribution is -2.67. The predicted molar refractivity (Wildman–Crippen MR) is 220 cm³/mol. The van der Waals surface area contributed by atoms with Gasteiger partial charge < -0.3 is 13.8 Å². The topological polar surface area (TPSA) is 34.5 Å². The van der Waals surface area contributed by atoms with Gasteiger partial charge in [0.25, 0.3) is 8.32 Å². The van der Waals surface area contributed by atoms with Gasteiger partial charge in [0.05, 0.1) is 6.04 Å². The molecule has 1 aliphatic heterocycles. The molecule has 53 heavy (non-hydrogen) atoms. The van der Waals surface area contributed by atoms with Crippen LogP contribution in [0.3, 0.4) is 0 Å². The van der Waals surface area contributed by atoms with Gasteiger partial charge in [-0.05, 0) is 56.9 Å². The molecular weight excluding hydrogens is 665 g/mol. The number of fused-ring (bicyclic) bond motifs is 6. The van der Waals surface area contributed by atoms with Crippen LogP contribution in [0.1, 0.15) is 74.9 Å². The highest BCUT2D eigenvalue weighted by atomic mass is 28.4. The summed E-state index contributed by atoms with van der Waals surface area (Å²) in [4.78, 5) is 16.3. The first-order valence-electron chi connectivity index (χ1n) is 19.4. The van der Waals surface area contributed by atoms with Crippen molar-refractivity contribution in [2.24, 2.45) is 11.3 Å². The zero-order valence-corrected chi connectivity index (χ0v) is 32.6. The van der Waals surface area contributed by atoms with Crippen LogP contribution in [-0.2, 0) is 22.3 Å².